The largest absolute Gasteiger partial charge is 0.343 e. The van der Waals surface area contributed by atoms with Gasteiger partial charge in [-0.05, 0) is 12.1 Å². The predicted octanol–water partition coefficient (Wildman–Crippen LogP) is 1.92. The molecule has 0 saturated heterocycles. The number of imidazole rings is 1. The lowest BCUT2D eigenvalue weighted by atomic mass is 10.3. The van der Waals surface area contributed by atoms with E-state index >= 15 is 0 Å². The summed E-state index contributed by atoms with van der Waals surface area (Å²) < 4.78 is 0. The van der Waals surface area contributed by atoms with Gasteiger partial charge in [0.25, 0.3) is 0 Å². The Morgan fingerprint density at radius 2 is 1.72 bits per heavy atom. The van der Waals surface area contributed by atoms with Crippen molar-refractivity contribution in [3.05, 3.63) is 49.4 Å². The van der Waals surface area contributed by atoms with Crippen LogP contribution in [0.25, 0.3) is 21.9 Å². The quantitative estimate of drug-likeness (QED) is 0.490. The van der Waals surface area contributed by atoms with E-state index in [0.717, 1.165) is 21.9 Å². The number of hydrogen-bond acceptors (Lipinski definition) is 4. The lowest BCUT2D eigenvalue weighted by molar-refractivity contribution is 1.11. The number of hydrogen-bond donors (Lipinski definition) is 2. The van der Waals surface area contributed by atoms with Crippen molar-refractivity contribution >= 4 is 21.9 Å². The molecule has 6 nitrogen and oxygen atoms in total. The molecule has 2 N–H and O–H groups in total. The highest BCUT2D eigenvalue weighted by molar-refractivity contribution is 5.76. The van der Waals surface area contributed by atoms with Gasteiger partial charge < -0.3 is 4.98 Å². The molecule has 6 heteroatoms. The Morgan fingerprint density at radius 1 is 0.889 bits per heavy atom. The molecule has 4 aromatic rings. The summed E-state index contributed by atoms with van der Waals surface area (Å²) in [4.78, 5) is 14.8. The number of aromatic nitrogens is 6. The van der Waals surface area contributed by atoms with Crippen LogP contribution < -0.4 is 0 Å². The first-order valence-electron chi connectivity index (χ1n) is 5.40. The molecule has 0 atom stereocenters. The molecule has 0 aliphatic heterocycles. The molecule has 0 aliphatic rings. The van der Waals surface area contributed by atoms with Crippen LogP contribution in [0.2, 0.25) is 0 Å². The summed E-state index contributed by atoms with van der Waals surface area (Å²) in [5.41, 5.74) is 2.93. The average Bonchev–Trinajstić information content (AvgIpc) is 3.08. The smallest absolute Gasteiger partial charge is 0.0932 e. The second kappa shape index (κ2) is 4.62. The third-order valence-corrected chi connectivity index (χ3v) is 2.47. The van der Waals surface area contributed by atoms with E-state index in [1.54, 1.807) is 37.3 Å². The van der Waals surface area contributed by atoms with Crippen molar-refractivity contribution in [1.29, 1.82) is 0 Å². The van der Waals surface area contributed by atoms with Gasteiger partial charge in [-0.1, -0.05) is 0 Å². The zero-order chi connectivity index (χ0) is 12.2. The zero-order valence-corrected chi connectivity index (χ0v) is 9.41. The van der Waals surface area contributed by atoms with Crippen molar-refractivity contribution in [1.82, 2.24) is 30.1 Å². The fraction of sp³-hybridized carbons (Fsp3) is 0. The Bertz CT molecular complexity index is 631. The van der Waals surface area contributed by atoms with E-state index in [2.05, 4.69) is 30.1 Å². The van der Waals surface area contributed by atoms with Crippen LogP contribution >= 0.6 is 0 Å². The molecule has 18 heavy (non-hydrogen) atoms. The molecule has 4 rings (SSSR count). The number of nitrogens with one attached hydrogen (secondary N) is 2. The van der Waals surface area contributed by atoms with Crippen molar-refractivity contribution < 1.29 is 0 Å². The minimum absolute atomic E-state index is 0.963. The number of fused-ring (bicyclic) bond motifs is 2. The fourth-order valence-corrected chi connectivity index (χ4v) is 1.56. The Hall–Kier alpha value is -2.76. The Balaban J connectivity index is 0.000000111. The van der Waals surface area contributed by atoms with Crippen molar-refractivity contribution in [2.24, 2.45) is 0 Å². The van der Waals surface area contributed by atoms with E-state index in [0.29, 0.717) is 0 Å². The van der Waals surface area contributed by atoms with Gasteiger partial charge in [0.15, 0.2) is 0 Å². The monoisotopic (exact) mass is 238 g/mol. The number of rotatable bonds is 0. The second-order valence-corrected chi connectivity index (χ2v) is 3.63. The SMILES string of the molecule is c1cc2cn[nH]c2cn1.c1cc2nc[nH]c2cn1. The van der Waals surface area contributed by atoms with E-state index in [1.165, 1.54) is 0 Å². The van der Waals surface area contributed by atoms with Crippen LogP contribution in [-0.4, -0.2) is 30.1 Å². The molecule has 4 aromatic heterocycles. The summed E-state index contributed by atoms with van der Waals surface area (Å²) in [7, 11) is 0. The van der Waals surface area contributed by atoms with Crippen LogP contribution in [0, 0.1) is 0 Å². The summed E-state index contributed by atoms with van der Waals surface area (Å²) in [5, 5.41) is 7.75. The molecule has 0 radical (unpaired) electrons. The molecule has 0 saturated carbocycles. The van der Waals surface area contributed by atoms with Crippen LogP contribution in [0.3, 0.4) is 0 Å². The topological polar surface area (TPSA) is 83.1 Å². The number of H-pyrrole nitrogens is 2. The van der Waals surface area contributed by atoms with Crippen LogP contribution in [0.15, 0.2) is 49.4 Å². The van der Waals surface area contributed by atoms with Gasteiger partial charge in [0.05, 0.1) is 41.5 Å². The number of nitrogens with zero attached hydrogens (tertiary/aromatic N) is 4. The normalized spacial score (nSPS) is 10.2. The van der Waals surface area contributed by atoms with Crippen molar-refractivity contribution in [3.63, 3.8) is 0 Å². The number of pyridine rings is 2. The molecule has 0 spiro atoms. The zero-order valence-electron chi connectivity index (χ0n) is 9.41. The van der Waals surface area contributed by atoms with Gasteiger partial charge in [0, 0.05) is 17.8 Å². The minimum Gasteiger partial charge on any atom is -0.343 e. The van der Waals surface area contributed by atoms with Crippen molar-refractivity contribution in [2.45, 2.75) is 0 Å². The molecule has 0 fully saturated rings. The molecule has 0 unspecified atom stereocenters. The van der Waals surface area contributed by atoms with Crippen LogP contribution in [0.4, 0.5) is 0 Å². The van der Waals surface area contributed by atoms with E-state index < -0.39 is 0 Å². The summed E-state index contributed by atoms with van der Waals surface area (Å²) in [6.45, 7) is 0. The fourth-order valence-electron chi connectivity index (χ4n) is 1.56. The highest BCUT2D eigenvalue weighted by Crippen LogP contribution is 2.05. The van der Waals surface area contributed by atoms with Crippen LogP contribution in [0.5, 0.6) is 0 Å². The maximum absolute atomic E-state index is 4.02. The van der Waals surface area contributed by atoms with Gasteiger partial charge in [0.2, 0.25) is 0 Å². The molecule has 0 bridgehead atoms. The minimum atomic E-state index is 0.963. The molecular weight excluding hydrogens is 228 g/mol. The van der Waals surface area contributed by atoms with E-state index in [4.69, 9.17) is 0 Å². The van der Waals surface area contributed by atoms with Crippen molar-refractivity contribution in [3.8, 4) is 0 Å². The maximum Gasteiger partial charge on any atom is 0.0932 e. The Labute approximate surface area is 102 Å². The van der Waals surface area contributed by atoms with E-state index in [-0.39, 0.29) is 0 Å². The van der Waals surface area contributed by atoms with E-state index in [1.807, 2.05) is 12.1 Å². The standard InChI is InChI=1S/2C6H5N3/c1-2-7-3-6-5(1)8-4-9-6;1-2-7-4-6-5(1)3-8-9-6/h2*1-4H,(H,8,9). The molecule has 88 valence electrons. The van der Waals surface area contributed by atoms with Crippen molar-refractivity contribution in [2.75, 3.05) is 0 Å². The lowest BCUT2D eigenvalue weighted by Crippen LogP contribution is -1.69. The molecule has 0 aromatic carbocycles. The highest BCUT2D eigenvalue weighted by Gasteiger charge is 1.90. The van der Waals surface area contributed by atoms with Gasteiger partial charge in [0.1, 0.15) is 0 Å². The summed E-state index contributed by atoms with van der Waals surface area (Å²) in [6, 6.07) is 3.78. The van der Waals surface area contributed by atoms with Gasteiger partial charge in [-0.15, -0.1) is 0 Å². The third-order valence-electron chi connectivity index (χ3n) is 2.47. The van der Waals surface area contributed by atoms with Gasteiger partial charge in [-0.2, -0.15) is 5.10 Å². The van der Waals surface area contributed by atoms with Crippen LogP contribution in [-0.2, 0) is 0 Å². The highest BCUT2D eigenvalue weighted by atomic mass is 15.1. The Morgan fingerprint density at radius 3 is 2.56 bits per heavy atom. The van der Waals surface area contributed by atoms with Gasteiger partial charge in [-0.3, -0.25) is 15.1 Å². The molecule has 0 aliphatic carbocycles. The number of aromatic amines is 2. The summed E-state index contributed by atoms with van der Waals surface area (Å²) in [5.74, 6) is 0. The van der Waals surface area contributed by atoms with Gasteiger partial charge in [-0.25, -0.2) is 4.98 Å². The first kappa shape index (κ1) is 10.4. The first-order chi connectivity index (χ1) is 8.93. The summed E-state index contributed by atoms with van der Waals surface area (Å²) >= 11 is 0. The molecular formula is C12H10N6. The van der Waals surface area contributed by atoms with Gasteiger partial charge >= 0.3 is 0 Å². The predicted molar refractivity (Wildman–Crippen MR) is 67.8 cm³/mol. The third kappa shape index (κ3) is 2.03. The van der Waals surface area contributed by atoms with Crippen LogP contribution in [0.1, 0.15) is 0 Å². The second-order valence-electron chi connectivity index (χ2n) is 3.63. The molecule has 0 amide bonds. The lowest BCUT2D eigenvalue weighted by Gasteiger charge is -1.80. The summed E-state index contributed by atoms with van der Waals surface area (Å²) in [6.07, 6.45) is 10.4. The maximum atomic E-state index is 4.02. The average molecular weight is 238 g/mol. The molecule has 4 heterocycles. The van der Waals surface area contributed by atoms with E-state index in [9.17, 15) is 0 Å². The Kier molecular flexibility index (Phi) is 2.67. The first-order valence-corrected chi connectivity index (χ1v) is 5.40.